The highest BCUT2D eigenvalue weighted by Gasteiger charge is 2.19. The first-order valence-electron chi connectivity index (χ1n) is 5.61. The van der Waals surface area contributed by atoms with E-state index in [0.29, 0.717) is 11.5 Å². The summed E-state index contributed by atoms with van der Waals surface area (Å²) in [6, 6.07) is 0.0968. The van der Waals surface area contributed by atoms with Crippen molar-refractivity contribution in [2.24, 2.45) is 0 Å². The monoisotopic (exact) mass is 249 g/mol. The molecule has 2 heterocycles. The lowest BCUT2D eigenvalue weighted by Gasteiger charge is -2.26. The van der Waals surface area contributed by atoms with Crippen LogP contribution in [0.15, 0.2) is 18.7 Å². The summed E-state index contributed by atoms with van der Waals surface area (Å²) in [5, 5.41) is 7.84. The molecular formula is C11H15N5O2. The van der Waals surface area contributed by atoms with E-state index in [9.17, 15) is 4.79 Å². The van der Waals surface area contributed by atoms with Gasteiger partial charge in [-0.3, -0.25) is 9.20 Å². The van der Waals surface area contributed by atoms with E-state index in [2.05, 4.69) is 15.2 Å². The summed E-state index contributed by atoms with van der Waals surface area (Å²) in [5.41, 5.74) is 0.620. The van der Waals surface area contributed by atoms with Crippen LogP contribution in [0.2, 0.25) is 0 Å². The van der Waals surface area contributed by atoms with Crippen molar-refractivity contribution in [3.63, 3.8) is 0 Å². The lowest BCUT2D eigenvalue weighted by Crippen LogP contribution is -2.37. The molecule has 0 fully saturated rings. The van der Waals surface area contributed by atoms with Crippen LogP contribution < -0.4 is 4.90 Å². The number of carbonyl (C=O) groups excluding carboxylic acids is 1. The molecule has 0 saturated heterocycles. The Balaban J connectivity index is 2.41. The fourth-order valence-corrected chi connectivity index (χ4v) is 1.65. The third-order valence-corrected chi connectivity index (χ3v) is 2.62. The molecule has 2 aromatic heterocycles. The number of methoxy groups -OCH3 is 1. The summed E-state index contributed by atoms with van der Waals surface area (Å²) in [6.45, 7) is 4.09. The summed E-state index contributed by atoms with van der Waals surface area (Å²) >= 11 is 0. The SMILES string of the molecule is COC(=O)CN(c1nccn2cnnc12)C(C)C. The van der Waals surface area contributed by atoms with E-state index in [4.69, 9.17) is 4.74 Å². The van der Waals surface area contributed by atoms with E-state index >= 15 is 0 Å². The van der Waals surface area contributed by atoms with E-state index in [1.165, 1.54) is 7.11 Å². The highest BCUT2D eigenvalue weighted by molar-refractivity contribution is 5.77. The maximum absolute atomic E-state index is 11.4. The van der Waals surface area contributed by atoms with E-state index in [1.807, 2.05) is 18.7 Å². The second-order valence-corrected chi connectivity index (χ2v) is 4.11. The molecule has 0 aliphatic rings. The number of rotatable bonds is 4. The van der Waals surface area contributed by atoms with Gasteiger partial charge in [0.25, 0.3) is 0 Å². The van der Waals surface area contributed by atoms with Crippen molar-refractivity contribution in [3.8, 4) is 0 Å². The van der Waals surface area contributed by atoms with Crippen LogP contribution in [0.4, 0.5) is 5.82 Å². The summed E-state index contributed by atoms with van der Waals surface area (Å²) in [4.78, 5) is 17.6. The van der Waals surface area contributed by atoms with Gasteiger partial charge in [0.15, 0.2) is 5.82 Å². The van der Waals surface area contributed by atoms with E-state index < -0.39 is 0 Å². The van der Waals surface area contributed by atoms with Gasteiger partial charge in [-0.2, -0.15) is 0 Å². The minimum Gasteiger partial charge on any atom is -0.468 e. The Morgan fingerprint density at radius 1 is 1.56 bits per heavy atom. The molecule has 0 bridgehead atoms. The molecule has 7 nitrogen and oxygen atoms in total. The van der Waals surface area contributed by atoms with Gasteiger partial charge in [0, 0.05) is 18.4 Å². The van der Waals surface area contributed by atoms with Crippen molar-refractivity contribution in [2.75, 3.05) is 18.6 Å². The summed E-state index contributed by atoms with van der Waals surface area (Å²) in [5.74, 6) is 0.308. The Hall–Kier alpha value is -2.18. The zero-order valence-corrected chi connectivity index (χ0v) is 10.6. The van der Waals surface area contributed by atoms with Gasteiger partial charge in [-0.1, -0.05) is 0 Å². The minimum atomic E-state index is -0.313. The first-order chi connectivity index (χ1) is 8.63. The van der Waals surface area contributed by atoms with E-state index in [1.54, 1.807) is 23.1 Å². The van der Waals surface area contributed by atoms with Crippen LogP contribution in [0.5, 0.6) is 0 Å². The van der Waals surface area contributed by atoms with Gasteiger partial charge < -0.3 is 9.64 Å². The molecule has 0 radical (unpaired) electrons. The number of nitrogens with zero attached hydrogens (tertiary/aromatic N) is 5. The largest absolute Gasteiger partial charge is 0.468 e. The lowest BCUT2D eigenvalue weighted by atomic mass is 10.3. The number of aromatic nitrogens is 4. The average Bonchev–Trinajstić information content (AvgIpc) is 2.83. The van der Waals surface area contributed by atoms with Crippen LogP contribution in [0.3, 0.4) is 0 Å². The molecule has 7 heteroatoms. The molecule has 0 spiro atoms. The van der Waals surface area contributed by atoms with Gasteiger partial charge in [0.2, 0.25) is 5.65 Å². The van der Waals surface area contributed by atoms with E-state index in [-0.39, 0.29) is 18.6 Å². The minimum absolute atomic E-state index is 0.0968. The van der Waals surface area contributed by atoms with Crippen LogP contribution >= 0.6 is 0 Å². The molecule has 0 aromatic carbocycles. The van der Waals surface area contributed by atoms with Crippen LogP contribution in [0, 0.1) is 0 Å². The zero-order chi connectivity index (χ0) is 13.1. The predicted molar refractivity (Wildman–Crippen MR) is 65.3 cm³/mol. The Bertz CT molecular complexity index is 551. The Morgan fingerprint density at radius 2 is 2.33 bits per heavy atom. The Morgan fingerprint density at radius 3 is 3.00 bits per heavy atom. The second-order valence-electron chi connectivity index (χ2n) is 4.11. The molecular weight excluding hydrogens is 234 g/mol. The standard InChI is InChI=1S/C11H15N5O2/c1-8(2)16(6-9(17)18-3)10-11-14-13-7-15(11)5-4-12-10/h4-5,7-8H,6H2,1-3H3. The van der Waals surface area contributed by atoms with E-state index in [0.717, 1.165) is 0 Å². The van der Waals surface area contributed by atoms with Gasteiger partial charge >= 0.3 is 5.97 Å². The van der Waals surface area contributed by atoms with Crippen molar-refractivity contribution in [1.29, 1.82) is 0 Å². The van der Waals surface area contributed by atoms with Gasteiger partial charge in [-0.15, -0.1) is 10.2 Å². The van der Waals surface area contributed by atoms with Gasteiger partial charge in [0.1, 0.15) is 12.9 Å². The molecule has 0 atom stereocenters. The van der Waals surface area contributed by atoms with Crippen LogP contribution in [-0.4, -0.2) is 45.2 Å². The Kier molecular flexibility index (Phi) is 3.40. The van der Waals surface area contributed by atoms with Crippen molar-refractivity contribution in [3.05, 3.63) is 18.7 Å². The third-order valence-electron chi connectivity index (χ3n) is 2.62. The molecule has 2 aromatic rings. The summed E-state index contributed by atoms with van der Waals surface area (Å²) < 4.78 is 6.45. The van der Waals surface area contributed by atoms with Gasteiger partial charge in [0.05, 0.1) is 7.11 Å². The number of anilines is 1. The quantitative estimate of drug-likeness (QED) is 0.735. The fraction of sp³-hybridized carbons (Fsp3) is 0.455. The van der Waals surface area contributed by atoms with Gasteiger partial charge in [-0.25, -0.2) is 4.98 Å². The normalized spacial score (nSPS) is 10.9. The molecule has 2 rings (SSSR count). The highest BCUT2D eigenvalue weighted by atomic mass is 16.5. The molecule has 0 N–H and O–H groups in total. The average molecular weight is 249 g/mol. The fourth-order valence-electron chi connectivity index (χ4n) is 1.65. The number of esters is 1. The number of carbonyl (C=O) groups is 1. The number of ether oxygens (including phenoxy) is 1. The van der Waals surface area contributed by atoms with Crippen LogP contribution in [0.1, 0.15) is 13.8 Å². The first-order valence-corrected chi connectivity index (χ1v) is 5.61. The smallest absolute Gasteiger partial charge is 0.325 e. The van der Waals surface area contributed by atoms with Crippen molar-refractivity contribution in [2.45, 2.75) is 19.9 Å². The molecule has 18 heavy (non-hydrogen) atoms. The van der Waals surface area contributed by atoms with Gasteiger partial charge in [-0.05, 0) is 13.8 Å². The highest BCUT2D eigenvalue weighted by Crippen LogP contribution is 2.18. The van der Waals surface area contributed by atoms with Crippen molar-refractivity contribution in [1.82, 2.24) is 19.6 Å². The molecule has 96 valence electrons. The lowest BCUT2D eigenvalue weighted by molar-refractivity contribution is -0.139. The van der Waals surface area contributed by atoms with Crippen LogP contribution in [-0.2, 0) is 9.53 Å². The third kappa shape index (κ3) is 2.24. The first kappa shape index (κ1) is 12.3. The topological polar surface area (TPSA) is 72.6 Å². The van der Waals surface area contributed by atoms with Crippen molar-refractivity contribution < 1.29 is 9.53 Å². The molecule has 0 aliphatic heterocycles. The maximum atomic E-state index is 11.4. The zero-order valence-electron chi connectivity index (χ0n) is 10.6. The second kappa shape index (κ2) is 4.99. The maximum Gasteiger partial charge on any atom is 0.325 e. The van der Waals surface area contributed by atoms with Crippen molar-refractivity contribution >= 4 is 17.4 Å². The molecule has 0 unspecified atom stereocenters. The number of hydrogen-bond acceptors (Lipinski definition) is 6. The Labute approximate surface area is 104 Å². The summed E-state index contributed by atoms with van der Waals surface area (Å²) in [6.07, 6.45) is 5.00. The number of fused-ring (bicyclic) bond motifs is 1. The van der Waals surface area contributed by atoms with Crippen LogP contribution in [0.25, 0.3) is 5.65 Å². The summed E-state index contributed by atoms with van der Waals surface area (Å²) in [7, 11) is 1.37. The molecule has 0 amide bonds. The molecule has 0 aliphatic carbocycles. The predicted octanol–water partition coefficient (Wildman–Crippen LogP) is 0.512. The molecule has 0 saturated carbocycles. The number of hydrogen-bond donors (Lipinski definition) is 0.